The number of aromatic nitrogens is 1. The van der Waals surface area contributed by atoms with Crippen molar-refractivity contribution in [3.05, 3.63) is 53.9 Å². The molecule has 4 N–H and O–H groups in total. The summed E-state index contributed by atoms with van der Waals surface area (Å²) < 4.78 is 8.01. The smallest absolute Gasteiger partial charge is 0.313 e. The Morgan fingerprint density at radius 2 is 1.88 bits per heavy atom. The number of benzene rings is 1. The summed E-state index contributed by atoms with van der Waals surface area (Å²) in [6.45, 7) is 2.83. The van der Waals surface area contributed by atoms with Crippen molar-refractivity contribution in [1.29, 1.82) is 5.41 Å². The lowest BCUT2D eigenvalue weighted by atomic mass is 9.79. The number of carboxylic acid groups (broad SMARTS) is 1. The van der Waals surface area contributed by atoms with Gasteiger partial charge in [-0.15, -0.1) is 0 Å². The largest absolute Gasteiger partial charge is 1.00 e. The van der Waals surface area contributed by atoms with Gasteiger partial charge in [-0.2, -0.15) is 0 Å². The van der Waals surface area contributed by atoms with Crippen LogP contribution >= 0.6 is 0 Å². The number of aliphatic carboxylic acids is 1. The Labute approximate surface area is 194 Å². The van der Waals surface area contributed by atoms with E-state index in [1.54, 1.807) is 0 Å². The van der Waals surface area contributed by atoms with E-state index in [2.05, 4.69) is 17.0 Å². The van der Waals surface area contributed by atoms with E-state index in [1.807, 2.05) is 47.1 Å². The van der Waals surface area contributed by atoms with Crippen molar-refractivity contribution >= 4 is 17.6 Å². The Morgan fingerprint density at radius 1 is 1.19 bits per heavy atom. The van der Waals surface area contributed by atoms with Crippen LogP contribution < -0.4 is 32.3 Å². The molecule has 4 rings (SSSR count). The van der Waals surface area contributed by atoms with Crippen molar-refractivity contribution in [2.24, 2.45) is 18.2 Å². The normalized spacial score (nSPS) is 17.2. The Hall–Kier alpha value is -3.00. The number of ether oxygens (including phenoxy) is 1. The molecule has 1 aromatic heterocycles. The molecule has 0 spiro atoms. The summed E-state index contributed by atoms with van der Waals surface area (Å²) in [5.41, 5.74) is 8.16. The highest BCUT2D eigenvalue weighted by atomic mass is 35.5. The van der Waals surface area contributed by atoms with Crippen LogP contribution in [0.25, 0.3) is 0 Å². The van der Waals surface area contributed by atoms with Gasteiger partial charge in [-0.25, -0.2) is 4.57 Å². The second kappa shape index (κ2) is 9.65. The summed E-state index contributed by atoms with van der Waals surface area (Å²) in [5, 5.41) is 17.7. The molecule has 172 valence electrons. The molecule has 1 saturated heterocycles. The van der Waals surface area contributed by atoms with Crippen LogP contribution in [0, 0.1) is 10.8 Å². The number of rotatable bonds is 5. The van der Waals surface area contributed by atoms with Crippen LogP contribution in [0.2, 0.25) is 0 Å². The van der Waals surface area contributed by atoms with Gasteiger partial charge in [-0.1, -0.05) is 6.07 Å². The fourth-order valence-electron chi connectivity index (χ4n) is 4.37. The summed E-state index contributed by atoms with van der Waals surface area (Å²) >= 11 is 0. The molecule has 0 radical (unpaired) electrons. The highest BCUT2D eigenvalue weighted by Gasteiger charge is 2.42. The SMILES string of the molecule is C[n+]1ccc(N2CCC(COc3ccc4c(c3)CN(C(=N)N)CC4)(C(=O)O)CC2)cc1.[Cl-]. The molecule has 1 aromatic carbocycles. The van der Waals surface area contributed by atoms with Crippen molar-refractivity contribution in [2.75, 3.05) is 31.1 Å². The van der Waals surface area contributed by atoms with E-state index < -0.39 is 11.4 Å². The van der Waals surface area contributed by atoms with E-state index in [-0.39, 0.29) is 25.0 Å². The maximum absolute atomic E-state index is 12.2. The van der Waals surface area contributed by atoms with E-state index in [0.29, 0.717) is 38.2 Å². The minimum atomic E-state index is -0.892. The van der Waals surface area contributed by atoms with Crippen LogP contribution in [-0.4, -0.2) is 48.2 Å². The molecule has 0 atom stereocenters. The second-order valence-electron chi connectivity index (χ2n) is 8.57. The molecular formula is C23H30ClN5O3. The number of fused-ring (bicyclic) bond motifs is 1. The number of nitrogens with zero attached hydrogens (tertiary/aromatic N) is 3. The fourth-order valence-corrected chi connectivity index (χ4v) is 4.37. The fraction of sp³-hybridized carbons (Fsp3) is 0.435. The molecule has 0 aliphatic carbocycles. The van der Waals surface area contributed by atoms with Crippen LogP contribution in [0.3, 0.4) is 0 Å². The zero-order valence-electron chi connectivity index (χ0n) is 18.3. The number of nitrogens with one attached hydrogen (secondary N) is 1. The lowest BCUT2D eigenvalue weighted by molar-refractivity contribution is -0.671. The van der Waals surface area contributed by atoms with Gasteiger partial charge >= 0.3 is 5.97 Å². The number of piperidine rings is 1. The summed E-state index contributed by atoms with van der Waals surface area (Å²) in [5.74, 6) is -0.0594. The standard InChI is InChI=1S/C23H29N5O3.ClH/c1-26-9-5-19(6-10-26)27-12-7-23(8-13-27,21(29)30)16-31-20-3-2-17-4-11-28(22(24)25)15-18(17)14-20;/h2-3,5-6,9-10,14H,4,7-8,11-13,15-16H2,1H3,(H3-,24,25,29,30);1H. The Balaban J connectivity index is 0.00000289. The average Bonchev–Trinajstić information content (AvgIpc) is 2.78. The second-order valence-corrected chi connectivity index (χ2v) is 8.57. The van der Waals surface area contributed by atoms with Crippen molar-refractivity contribution in [3.8, 4) is 5.75 Å². The predicted octanol–water partition coefficient (Wildman–Crippen LogP) is -1.48. The topological polar surface area (TPSA) is 107 Å². The first kappa shape index (κ1) is 23.7. The number of hydrogen-bond acceptors (Lipinski definition) is 4. The molecule has 2 aliphatic rings. The first-order valence-electron chi connectivity index (χ1n) is 10.6. The molecule has 9 heteroatoms. The molecule has 1 fully saturated rings. The van der Waals surface area contributed by atoms with Gasteiger partial charge in [0.05, 0.1) is 0 Å². The van der Waals surface area contributed by atoms with Crippen molar-refractivity contribution in [2.45, 2.75) is 25.8 Å². The van der Waals surface area contributed by atoms with Gasteiger partial charge in [-0.3, -0.25) is 10.2 Å². The molecule has 0 bridgehead atoms. The molecule has 0 amide bonds. The zero-order chi connectivity index (χ0) is 22.0. The zero-order valence-corrected chi connectivity index (χ0v) is 19.0. The van der Waals surface area contributed by atoms with Crippen molar-refractivity contribution in [1.82, 2.24) is 4.90 Å². The number of carbonyl (C=O) groups is 1. The number of halogens is 1. The Morgan fingerprint density at radius 3 is 2.50 bits per heavy atom. The maximum atomic E-state index is 12.2. The van der Waals surface area contributed by atoms with Crippen LogP contribution in [-0.2, 0) is 24.8 Å². The number of hydrogen-bond donors (Lipinski definition) is 3. The molecular weight excluding hydrogens is 430 g/mol. The molecule has 8 nitrogen and oxygen atoms in total. The van der Waals surface area contributed by atoms with Crippen molar-refractivity contribution in [3.63, 3.8) is 0 Å². The summed E-state index contributed by atoms with van der Waals surface area (Å²) in [6.07, 6.45) is 5.90. The average molecular weight is 460 g/mol. The summed E-state index contributed by atoms with van der Waals surface area (Å²) in [7, 11) is 1.98. The minimum Gasteiger partial charge on any atom is -1.00 e. The van der Waals surface area contributed by atoms with Gasteiger partial charge in [0.15, 0.2) is 18.4 Å². The first-order chi connectivity index (χ1) is 14.9. The molecule has 0 unspecified atom stereocenters. The minimum absolute atomic E-state index is 0. The third kappa shape index (κ3) is 4.91. The monoisotopic (exact) mass is 459 g/mol. The molecule has 2 aliphatic heterocycles. The van der Waals surface area contributed by atoms with E-state index in [9.17, 15) is 9.90 Å². The number of nitrogens with two attached hydrogens (primary N) is 1. The van der Waals surface area contributed by atoms with E-state index in [4.69, 9.17) is 15.9 Å². The number of guanidine groups is 1. The summed E-state index contributed by atoms with van der Waals surface area (Å²) in [4.78, 5) is 16.2. The number of anilines is 1. The lowest BCUT2D eigenvalue weighted by Gasteiger charge is -2.39. The van der Waals surface area contributed by atoms with Crippen LogP contribution in [0.4, 0.5) is 5.69 Å². The third-order valence-electron chi connectivity index (χ3n) is 6.55. The molecule has 0 saturated carbocycles. The maximum Gasteiger partial charge on any atom is 0.313 e. The third-order valence-corrected chi connectivity index (χ3v) is 6.55. The molecule has 2 aromatic rings. The van der Waals surface area contributed by atoms with E-state index >= 15 is 0 Å². The first-order valence-corrected chi connectivity index (χ1v) is 10.6. The quantitative estimate of drug-likeness (QED) is 0.286. The summed E-state index contributed by atoms with van der Waals surface area (Å²) in [6, 6.07) is 10.0. The van der Waals surface area contributed by atoms with Crippen LogP contribution in [0.1, 0.15) is 24.0 Å². The Kier molecular flexibility index (Phi) is 7.13. The van der Waals surface area contributed by atoms with Gasteiger partial charge < -0.3 is 37.8 Å². The highest BCUT2D eigenvalue weighted by Crippen LogP contribution is 2.35. The van der Waals surface area contributed by atoms with Gasteiger partial charge in [0.25, 0.3) is 0 Å². The van der Waals surface area contributed by atoms with Gasteiger partial charge in [0.2, 0.25) is 0 Å². The van der Waals surface area contributed by atoms with E-state index in [0.717, 1.165) is 24.2 Å². The van der Waals surface area contributed by atoms with E-state index in [1.165, 1.54) is 5.56 Å². The predicted molar refractivity (Wildman–Crippen MR) is 117 cm³/mol. The highest BCUT2D eigenvalue weighted by molar-refractivity contribution is 5.76. The number of pyridine rings is 1. The van der Waals surface area contributed by atoms with Gasteiger partial charge in [0, 0.05) is 44.0 Å². The van der Waals surface area contributed by atoms with Crippen LogP contribution in [0.5, 0.6) is 5.75 Å². The number of aryl methyl sites for hydroxylation is 1. The number of carboxylic acids is 1. The van der Waals surface area contributed by atoms with Gasteiger partial charge in [0.1, 0.15) is 24.8 Å². The lowest BCUT2D eigenvalue weighted by Crippen LogP contribution is -3.00. The van der Waals surface area contributed by atoms with Crippen LogP contribution in [0.15, 0.2) is 42.7 Å². The molecule has 3 heterocycles. The molecule has 32 heavy (non-hydrogen) atoms. The Bertz CT molecular complexity index is 974. The van der Waals surface area contributed by atoms with Gasteiger partial charge in [-0.05, 0) is 42.5 Å². The van der Waals surface area contributed by atoms with Crippen molar-refractivity contribution < 1.29 is 31.6 Å².